The van der Waals surface area contributed by atoms with Gasteiger partial charge in [-0.05, 0) is 32.0 Å². The van der Waals surface area contributed by atoms with Crippen LogP contribution in [-0.4, -0.2) is 22.8 Å². The monoisotopic (exact) mass is 343 g/mol. The molecule has 0 spiro atoms. The minimum atomic E-state index is -0.789. The third-order valence-corrected chi connectivity index (χ3v) is 3.13. The maximum absolute atomic E-state index is 12.3. The Morgan fingerprint density at radius 1 is 0.960 bits per heavy atom. The number of hydrazine groups is 1. The van der Waals surface area contributed by atoms with Gasteiger partial charge in [0.25, 0.3) is 17.5 Å². The van der Waals surface area contributed by atoms with Crippen molar-refractivity contribution in [2.75, 3.05) is 0 Å². The molecule has 0 radical (unpaired) electrons. The molecule has 8 heteroatoms. The number of nitro benzene ring substituents is 1. The van der Waals surface area contributed by atoms with E-state index in [0.717, 1.165) is 0 Å². The lowest BCUT2D eigenvalue weighted by molar-refractivity contribution is -0.385. The standard InChI is InChI=1S/C17H17N3O5/c1-11(2)25-15-10-6-4-8-13(15)17(22)19-18-16(21)12-7-3-5-9-14(12)20(23)24/h3-11H,1-2H3,(H,18,21)(H,19,22). The van der Waals surface area contributed by atoms with Gasteiger partial charge in [-0.3, -0.25) is 30.6 Å². The molecule has 2 rings (SSSR count). The first kappa shape index (κ1) is 17.9. The van der Waals surface area contributed by atoms with Crippen LogP contribution in [-0.2, 0) is 0 Å². The van der Waals surface area contributed by atoms with E-state index in [0.29, 0.717) is 5.75 Å². The molecule has 0 aliphatic rings. The Morgan fingerprint density at radius 3 is 2.08 bits per heavy atom. The number of nitrogens with one attached hydrogen (secondary N) is 2. The Hall–Kier alpha value is -3.42. The molecule has 0 heterocycles. The van der Waals surface area contributed by atoms with Gasteiger partial charge in [-0.15, -0.1) is 0 Å². The van der Waals surface area contributed by atoms with E-state index >= 15 is 0 Å². The summed E-state index contributed by atoms with van der Waals surface area (Å²) in [7, 11) is 0. The SMILES string of the molecule is CC(C)Oc1ccccc1C(=O)NNC(=O)c1ccccc1[N+](=O)[O-]. The van der Waals surface area contributed by atoms with Gasteiger partial charge in [-0.2, -0.15) is 0 Å². The molecule has 2 aromatic rings. The van der Waals surface area contributed by atoms with Crippen molar-refractivity contribution >= 4 is 17.5 Å². The van der Waals surface area contributed by atoms with Crippen LogP contribution in [0, 0.1) is 10.1 Å². The lowest BCUT2D eigenvalue weighted by atomic mass is 10.1. The molecule has 0 saturated carbocycles. The number of benzene rings is 2. The van der Waals surface area contributed by atoms with Crippen LogP contribution in [0.15, 0.2) is 48.5 Å². The molecule has 2 N–H and O–H groups in total. The predicted octanol–water partition coefficient (Wildman–Crippen LogP) is 2.46. The molecule has 25 heavy (non-hydrogen) atoms. The van der Waals surface area contributed by atoms with Crippen molar-refractivity contribution in [1.82, 2.24) is 10.9 Å². The largest absolute Gasteiger partial charge is 0.490 e. The average molecular weight is 343 g/mol. The van der Waals surface area contributed by atoms with Gasteiger partial charge < -0.3 is 4.74 Å². The van der Waals surface area contributed by atoms with Crippen LogP contribution in [0.5, 0.6) is 5.75 Å². The van der Waals surface area contributed by atoms with Crippen molar-refractivity contribution in [3.63, 3.8) is 0 Å². The zero-order chi connectivity index (χ0) is 18.4. The number of nitro groups is 1. The second kappa shape index (κ2) is 7.91. The van der Waals surface area contributed by atoms with Gasteiger partial charge in [-0.1, -0.05) is 24.3 Å². The Bertz CT molecular complexity index is 804. The van der Waals surface area contributed by atoms with E-state index < -0.39 is 16.7 Å². The van der Waals surface area contributed by atoms with Crippen molar-refractivity contribution in [3.8, 4) is 5.75 Å². The van der Waals surface area contributed by atoms with Crippen molar-refractivity contribution < 1.29 is 19.2 Å². The Morgan fingerprint density at radius 2 is 1.48 bits per heavy atom. The fourth-order valence-electron chi connectivity index (χ4n) is 2.08. The Kier molecular flexibility index (Phi) is 5.67. The molecule has 0 unspecified atom stereocenters. The second-order valence-electron chi connectivity index (χ2n) is 5.35. The summed E-state index contributed by atoms with van der Waals surface area (Å²) in [6.45, 7) is 3.65. The number of hydrogen-bond acceptors (Lipinski definition) is 5. The van der Waals surface area contributed by atoms with Crippen LogP contribution in [0.25, 0.3) is 0 Å². The van der Waals surface area contributed by atoms with Crippen molar-refractivity contribution in [1.29, 1.82) is 0 Å². The molecule has 0 fully saturated rings. The van der Waals surface area contributed by atoms with Crippen molar-refractivity contribution in [3.05, 3.63) is 69.8 Å². The Labute approximate surface area is 143 Å². The molecule has 0 saturated heterocycles. The fourth-order valence-corrected chi connectivity index (χ4v) is 2.08. The summed E-state index contributed by atoms with van der Waals surface area (Å²) in [5.41, 5.74) is 4.14. The third-order valence-electron chi connectivity index (χ3n) is 3.13. The summed E-state index contributed by atoms with van der Waals surface area (Å²) < 4.78 is 5.55. The van der Waals surface area contributed by atoms with Gasteiger partial charge in [0.2, 0.25) is 0 Å². The maximum Gasteiger partial charge on any atom is 0.282 e. The zero-order valence-corrected chi connectivity index (χ0v) is 13.7. The van der Waals surface area contributed by atoms with E-state index in [-0.39, 0.29) is 22.9 Å². The number of nitrogens with zero attached hydrogens (tertiary/aromatic N) is 1. The number of hydrogen-bond donors (Lipinski definition) is 2. The van der Waals surface area contributed by atoms with Gasteiger partial charge in [0, 0.05) is 6.07 Å². The summed E-state index contributed by atoms with van der Waals surface area (Å²) >= 11 is 0. The van der Waals surface area contributed by atoms with Crippen LogP contribution in [0.2, 0.25) is 0 Å². The number of ether oxygens (including phenoxy) is 1. The third kappa shape index (κ3) is 4.54. The van der Waals surface area contributed by atoms with E-state index in [2.05, 4.69) is 10.9 Å². The molecule has 0 aliphatic heterocycles. The first-order valence-electron chi connectivity index (χ1n) is 7.50. The van der Waals surface area contributed by atoms with Crippen molar-refractivity contribution in [2.24, 2.45) is 0 Å². The van der Waals surface area contributed by atoms with Crippen LogP contribution in [0.4, 0.5) is 5.69 Å². The molecule has 2 aromatic carbocycles. The molecule has 130 valence electrons. The van der Waals surface area contributed by atoms with Gasteiger partial charge in [0.1, 0.15) is 11.3 Å². The van der Waals surface area contributed by atoms with Gasteiger partial charge in [-0.25, -0.2) is 0 Å². The van der Waals surface area contributed by atoms with Gasteiger partial charge >= 0.3 is 0 Å². The molecule has 2 amide bonds. The van der Waals surface area contributed by atoms with E-state index in [1.165, 1.54) is 24.3 Å². The van der Waals surface area contributed by atoms with Crippen molar-refractivity contribution in [2.45, 2.75) is 20.0 Å². The summed E-state index contributed by atoms with van der Waals surface area (Å²) in [5, 5.41) is 11.0. The molecule has 0 aromatic heterocycles. The molecular weight excluding hydrogens is 326 g/mol. The first-order valence-corrected chi connectivity index (χ1v) is 7.50. The average Bonchev–Trinajstić information content (AvgIpc) is 2.59. The van der Waals surface area contributed by atoms with Crippen LogP contribution in [0.3, 0.4) is 0 Å². The summed E-state index contributed by atoms with van der Waals surface area (Å²) in [6.07, 6.45) is -0.129. The predicted molar refractivity (Wildman–Crippen MR) is 90.2 cm³/mol. The number of para-hydroxylation sites is 2. The molecule has 0 atom stereocenters. The van der Waals surface area contributed by atoms with Gasteiger partial charge in [0.15, 0.2) is 0 Å². The molecular formula is C17H17N3O5. The number of carbonyl (C=O) groups is 2. The summed E-state index contributed by atoms with van der Waals surface area (Å²) in [6, 6.07) is 12.0. The zero-order valence-electron chi connectivity index (χ0n) is 13.7. The molecule has 0 bridgehead atoms. The van der Waals surface area contributed by atoms with E-state index in [1.807, 2.05) is 13.8 Å². The highest BCUT2D eigenvalue weighted by atomic mass is 16.6. The van der Waals surface area contributed by atoms with E-state index in [9.17, 15) is 19.7 Å². The van der Waals surface area contributed by atoms with E-state index in [4.69, 9.17) is 4.74 Å². The van der Waals surface area contributed by atoms with Gasteiger partial charge in [0.05, 0.1) is 16.6 Å². The summed E-state index contributed by atoms with van der Waals surface area (Å²) in [4.78, 5) is 34.7. The van der Waals surface area contributed by atoms with Crippen LogP contribution < -0.4 is 15.6 Å². The van der Waals surface area contributed by atoms with E-state index in [1.54, 1.807) is 24.3 Å². The quantitative estimate of drug-likeness (QED) is 0.640. The normalized spacial score (nSPS) is 10.2. The number of amides is 2. The minimum absolute atomic E-state index is 0.129. The second-order valence-corrected chi connectivity index (χ2v) is 5.35. The van der Waals surface area contributed by atoms with Crippen LogP contribution >= 0.6 is 0 Å². The maximum atomic E-state index is 12.3. The lowest BCUT2D eigenvalue weighted by Crippen LogP contribution is -2.42. The summed E-state index contributed by atoms with van der Waals surface area (Å²) in [5.74, 6) is -1.01. The highest BCUT2D eigenvalue weighted by Gasteiger charge is 2.20. The fraction of sp³-hybridized carbons (Fsp3) is 0.176. The number of rotatable bonds is 5. The highest BCUT2D eigenvalue weighted by molar-refractivity contribution is 6.02. The smallest absolute Gasteiger partial charge is 0.282 e. The minimum Gasteiger partial charge on any atom is -0.490 e. The topological polar surface area (TPSA) is 111 Å². The first-order chi connectivity index (χ1) is 11.9. The highest BCUT2D eigenvalue weighted by Crippen LogP contribution is 2.19. The molecule has 8 nitrogen and oxygen atoms in total. The number of carbonyl (C=O) groups excluding carboxylic acids is 2. The Balaban J connectivity index is 2.11. The van der Waals surface area contributed by atoms with Crippen LogP contribution in [0.1, 0.15) is 34.6 Å². The lowest BCUT2D eigenvalue weighted by Gasteiger charge is -2.14. The molecule has 0 aliphatic carbocycles.